The first-order valence-electron chi connectivity index (χ1n) is 8.64. The van der Waals surface area contributed by atoms with E-state index in [-0.39, 0.29) is 11.6 Å². The molecule has 0 N–H and O–H groups in total. The van der Waals surface area contributed by atoms with Crippen molar-refractivity contribution in [3.05, 3.63) is 70.0 Å². The second-order valence-electron chi connectivity index (χ2n) is 7.38. The highest BCUT2D eigenvalue weighted by Gasteiger charge is 2.36. The Labute approximate surface area is 142 Å². The van der Waals surface area contributed by atoms with E-state index in [0.717, 1.165) is 36.9 Å². The zero-order chi connectivity index (χ0) is 16.8. The van der Waals surface area contributed by atoms with Crippen LogP contribution in [0.15, 0.2) is 36.4 Å². The Balaban J connectivity index is 1.90. The Morgan fingerprint density at radius 2 is 1.96 bits per heavy atom. The predicted molar refractivity (Wildman–Crippen MR) is 93.1 cm³/mol. The highest BCUT2D eigenvalue weighted by atomic mass is 19.1. The summed E-state index contributed by atoms with van der Waals surface area (Å²) in [6.45, 7) is 0.997. The Bertz CT molecular complexity index is 811. The number of hydrogen-bond acceptors (Lipinski definition) is 2. The fourth-order valence-corrected chi connectivity index (χ4v) is 4.54. The third-order valence-electron chi connectivity index (χ3n) is 5.52. The van der Waals surface area contributed by atoms with Crippen LogP contribution in [0.2, 0.25) is 0 Å². The summed E-state index contributed by atoms with van der Waals surface area (Å²) in [6, 6.07) is 10.7. The van der Waals surface area contributed by atoms with Gasteiger partial charge in [0.2, 0.25) is 0 Å². The lowest BCUT2D eigenvalue weighted by molar-refractivity contribution is 0.103. The van der Waals surface area contributed by atoms with Crippen LogP contribution in [0, 0.1) is 11.7 Å². The quantitative estimate of drug-likeness (QED) is 0.837. The molecule has 2 aliphatic rings. The van der Waals surface area contributed by atoms with Crippen molar-refractivity contribution in [2.45, 2.75) is 25.2 Å². The standard InChI is InChI=1S/C21H22FNO/c1-23(2)12-14-7-6-13-4-3-5-18-20(13)19(14)11-15-10-16(22)8-9-17(15)21(18)24/h3-5,8-10,14,19H,6-7,11-12H2,1-2H3. The number of ketones is 1. The lowest BCUT2D eigenvalue weighted by Crippen LogP contribution is -2.31. The number of nitrogens with zero attached hydrogens (tertiary/aromatic N) is 1. The molecule has 2 aliphatic carbocycles. The second-order valence-corrected chi connectivity index (χ2v) is 7.38. The molecule has 2 aromatic carbocycles. The Hall–Kier alpha value is -2.00. The maximum absolute atomic E-state index is 13.8. The summed E-state index contributed by atoms with van der Waals surface area (Å²) in [5, 5.41) is 0. The first-order valence-corrected chi connectivity index (χ1v) is 8.64. The van der Waals surface area contributed by atoms with E-state index >= 15 is 0 Å². The van der Waals surface area contributed by atoms with Crippen LogP contribution in [0.25, 0.3) is 0 Å². The Morgan fingerprint density at radius 1 is 1.12 bits per heavy atom. The van der Waals surface area contributed by atoms with E-state index in [9.17, 15) is 9.18 Å². The van der Waals surface area contributed by atoms with E-state index in [1.165, 1.54) is 17.2 Å². The molecule has 0 amide bonds. The van der Waals surface area contributed by atoms with Crippen molar-refractivity contribution in [1.29, 1.82) is 0 Å². The molecular weight excluding hydrogens is 301 g/mol. The summed E-state index contributed by atoms with van der Waals surface area (Å²) >= 11 is 0. The molecular formula is C21H22FNO. The molecule has 2 atom stereocenters. The Morgan fingerprint density at radius 3 is 2.75 bits per heavy atom. The molecule has 24 heavy (non-hydrogen) atoms. The molecule has 124 valence electrons. The molecule has 2 nitrogen and oxygen atoms in total. The molecule has 0 spiro atoms. The van der Waals surface area contributed by atoms with Crippen molar-refractivity contribution >= 4 is 5.78 Å². The number of benzene rings is 2. The first kappa shape index (κ1) is 15.5. The van der Waals surface area contributed by atoms with Gasteiger partial charge in [-0.3, -0.25) is 4.79 Å². The summed E-state index contributed by atoms with van der Waals surface area (Å²) in [6.07, 6.45) is 2.90. The summed E-state index contributed by atoms with van der Waals surface area (Å²) in [5.41, 5.74) is 4.87. The molecule has 0 aliphatic heterocycles. The number of aryl methyl sites for hydroxylation is 1. The van der Waals surface area contributed by atoms with Gasteiger partial charge in [0.25, 0.3) is 0 Å². The van der Waals surface area contributed by atoms with Gasteiger partial charge < -0.3 is 4.90 Å². The third-order valence-corrected chi connectivity index (χ3v) is 5.52. The lowest BCUT2D eigenvalue weighted by atomic mass is 9.71. The average Bonchev–Trinajstić information content (AvgIpc) is 2.67. The maximum atomic E-state index is 13.8. The summed E-state index contributed by atoms with van der Waals surface area (Å²) in [5.74, 6) is 0.581. The SMILES string of the molecule is CN(C)CC1CCc2cccc3c2C1Cc1cc(F)ccc1C3=O. The number of fused-ring (bicyclic) bond motifs is 1. The molecule has 0 fully saturated rings. The van der Waals surface area contributed by atoms with Gasteiger partial charge in [-0.05, 0) is 80.1 Å². The van der Waals surface area contributed by atoms with Crippen LogP contribution in [-0.2, 0) is 12.8 Å². The molecule has 0 radical (unpaired) electrons. The van der Waals surface area contributed by atoms with Crippen LogP contribution < -0.4 is 0 Å². The Kier molecular flexibility index (Phi) is 3.76. The van der Waals surface area contributed by atoms with Crippen LogP contribution in [0.3, 0.4) is 0 Å². The van der Waals surface area contributed by atoms with Gasteiger partial charge >= 0.3 is 0 Å². The molecule has 0 heterocycles. The minimum atomic E-state index is -0.257. The highest BCUT2D eigenvalue weighted by molar-refractivity contribution is 6.11. The van der Waals surface area contributed by atoms with Crippen LogP contribution in [0.1, 0.15) is 45.0 Å². The summed E-state index contributed by atoms with van der Waals surface area (Å²) < 4.78 is 13.8. The van der Waals surface area contributed by atoms with Gasteiger partial charge in [-0.1, -0.05) is 18.2 Å². The van der Waals surface area contributed by atoms with Gasteiger partial charge in [0.15, 0.2) is 5.78 Å². The van der Waals surface area contributed by atoms with Crippen LogP contribution in [-0.4, -0.2) is 31.3 Å². The molecule has 2 unspecified atom stereocenters. The number of carbonyl (C=O) groups is 1. The van der Waals surface area contributed by atoms with Crippen molar-refractivity contribution in [2.24, 2.45) is 5.92 Å². The van der Waals surface area contributed by atoms with Crippen molar-refractivity contribution in [3.8, 4) is 0 Å². The zero-order valence-corrected chi connectivity index (χ0v) is 14.2. The van der Waals surface area contributed by atoms with Gasteiger partial charge in [-0.2, -0.15) is 0 Å². The van der Waals surface area contributed by atoms with Crippen molar-refractivity contribution in [1.82, 2.24) is 4.90 Å². The molecule has 4 rings (SSSR count). The number of rotatable bonds is 2. The summed E-state index contributed by atoms with van der Waals surface area (Å²) in [4.78, 5) is 15.3. The van der Waals surface area contributed by atoms with E-state index in [4.69, 9.17) is 0 Å². The minimum absolute atomic E-state index is 0.0508. The van der Waals surface area contributed by atoms with Crippen LogP contribution in [0.4, 0.5) is 4.39 Å². The molecule has 2 aromatic rings. The number of halogens is 1. The molecule has 0 saturated carbocycles. The summed E-state index contributed by atoms with van der Waals surface area (Å²) in [7, 11) is 4.19. The van der Waals surface area contributed by atoms with Crippen LogP contribution >= 0.6 is 0 Å². The van der Waals surface area contributed by atoms with Gasteiger partial charge in [0.05, 0.1) is 0 Å². The van der Waals surface area contributed by atoms with Gasteiger partial charge in [0.1, 0.15) is 5.82 Å². The second kappa shape index (κ2) is 5.82. The fourth-order valence-electron chi connectivity index (χ4n) is 4.54. The number of hydrogen-bond donors (Lipinski definition) is 0. The first-order chi connectivity index (χ1) is 11.5. The monoisotopic (exact) mass is 323 g/mol. The van der Waals surface area contributed by atoms with Crippen LogP contribution in [0.5, 0.6) is 0 Å². The highest BCUT2D eigenvalue weighted by Crippen LogP contribution is 2.43. The lowest BCUT2D eigenvalue weighted by Gasteiger charge is -2.35. The van der Waals surface area contributed by atoms with E-state index in [1.807, 2.05) is 12.1 Å². The van der Waals surface area contributed by atoms with E-state index in [2.05, 4.69) is 25.1 Å². The van der Waals surface area contributed by atoms with E-state index < -0.39 is 0 Å². The van der Waals surface area contributed by atoms with Gasteiger partial charge in [0, 0.05) is 17.7 Å². The smallest absolute Gasteiger partial charge is 0.193 e. The van der Waals surface area contributed by atoms with E-state index in [1.54, 1.807) is 12.1 Å². The van der Waals surface area contributed by atoms with Gasteiger partial charge in [-0.15, -0.1) is 0 Å². The zero-order valence-electron chi connectivity index (χ0n) is 14.2. The normalized spacial score (nSPS) is 22.1. The third kappa shape index (κ3) is 2.48. The number of carbonyl (C=O) groups excluding carboxylic acids is 1. The molecule has 0 saturated heterocycles. The largest absolute Gasteiger partial charge is 0.309 e. The van der Waals surface area contributed by atoms with Gasteiger partial charge in [-0.25, -0.2) is 4.39 Å². The predicted octanol–water partition coefficient (Wildman–Crippen LogP) is 3.82. The topological polar surface area (TPSA) is 20.3 Å². The van der Waals surface area contributed by atoms with Crippen molar-refractivity contribution in [3.63, 3.8) is 0 Å². The molecule has 0 bridgehead atoms. The van der Waals surface area contributed by atoms with E-state index in [0.29, 0.717) is 17.4 Å². The molecule has 0 aromatic heterocycles. The fraction of sp³-hybridized carbons (Fsp3) is 0.381. The van der Waals surface area contributed by atoms with Crippen molar-refractivity contribution < 1.29 is 9.18 Å². The van der Waals surface area contributed by atoms with Crippen molar-refractivity contribution in [2.75, 3.05) is 20.6 Å². The maximum Gasteiger partial charge on any atom is 0.193 e. The minimum Gasteiger partial charge on any atom is -0.309 e. The molecule has 3 heteroatoms. The average molecular weight is 323 g/mol.